The Labute approximate surface area is 108 Å². The topological polar surface area (TPSA) is 49.9 Å². The summed E-state index contributed by atoms with van der Waals surface area (Å²) in [4.78, 5) is 0. The van der Waals surface area contributed by atoms with Crippen LogP contribution >= 0.6 is 22.6 Å². The molecular formula is C13H11IN2. The van der Waals surface area contributed by atoms with Crippen molar-refractivity contribution in [1.82, 2.24) is 0 Å². The largest absolute Gasteiger partial charge is 0.384 e. The van der Waals surface area contributed by atoms with Gasteiger partial charge in [0.2, 0.25) is 0 Å². The highest BCUT2D eigenvalue weighted by Crippen LogP contribution is 2.21. The summed E-state index contributed by atoms with van der Waals surface area (Å²) in [6.45, 7) is 0. The maximum Gasteiger partial charge on any atom is 0.122 e. The minimum atomic E-state index is 0.106. The summed E-state index contributed by atoms with van der Waals surface area (Å²) in [5.41, 5.74) is 8.49. The second-order valence-electron chi connectivity index (χ2n) is 3.50. The average Bonchev–Trinajstić information content (AvgIpc) is 2.29. The van der Waals surface area contributed by atoms with Crippen molar-refractivity contribution in [3.8, 4) is 11.1 Å². The van der Waals surface area contributed by atoms with Gasteiger partial charge in [0.05, 0.1) is 0 Å². The molecule has 0 unspecified atom stereocenters. The number of rotatable bonds is 2. The monoisotopic (exact) mass is 322 g/mol. The quantitative estimate of drug-likeness (QED) is 0.498. The molecule has 0 saturated heterocycles. The number of amidine groups is 1. The van der Waals surface area contributed by atoms with Crippen LogP contribution in [0.5, 0.6) is 0 Å². The van der Waals surface area contributed by atoms with Crippen LogP contribution in [-0.4, -0.2) is 5.84 Å². The molecule has 80 valence electrons. The number of halogens is 1. The van der Waals surface area contributed by atoms with E-state index in [-0.39, 0.29) is 5.84 Å². The van der Waals surface area contributed by atoms with E-state index in [0.29, 0.717) is 0 Å². The first-order valence-corrected chi connectivity index (χ1v) is 5.95. The fourth-order valence-corrected chi connectivity index (χ4v) is 2.05. The van der Waals surface area contributed by atoms with Crippen molar-refractivity contribution in [3.63, 3.8) is 0 Å². The van der Waals surface area contributed by atoms with Crippen LogP contribution in [0.1, 0.15) is 5.56 Å². The Bertz CT molecular complexity index is 518. The lowest BCUT2D eigenvalue weighted by molar-refractivity contribution is 1.42. The van der Waals surface area contributed by atoms with E-state index in [9.17, 15) is 0 Å². The van der Waals surface area contributed by atoms with Gasteiger partial charge in [-0.25, -0.2) is 0 Å². The van der Waals surface area contributed by atoms with Gasteiger partial charge in [-0.2, -0.15) is 0 Å². The summed E-state index contributed by atoms with van der Waals surface area (Å²) in [6.07, 6.45) is 0. The molecular weight excluding hydrogens is 311 g/mol. The normalized spacial score (nSPS) is 10.1. The Morgan fingerprint density at radius 2 is 1.69 bits per heavy atom. The maximum atomic E-state index is 7.32. The molecule has 0 aliphatic heterocycles. The number of nitrogens with two attached hydrogens (primary N) is 1. The lowest BCUT2D eigenvalue weighted by Gasteiger charge is -2.03. The predicted octanol–water partition coefficient (Wildman–Crippen LogP) is 3.24. The van der Waals surface area contributed by atoms with E-state index >= 15 is 0 Å². The van der Waals surface area contributed by atoms with Crippen molar-refractivity contribution in [2.45, 2.75) is 0 Å². The fraction of sp³-hybridized carbons (Fsp3) is 0. The Hall–Kier alpha value is -1.36. The molecule has 0 radical (unpaired) electrons. The van der Waals surface area contributed by atoms with Crippen LogP contribution in [0.3, 0.4) is 0 Å². The van der Waals surface area contributed by atoms with Crippen LogP contribution in [0.25, 0.3) is 11.1 Å². The predicted molar refractivity (Wildman–Crippen MR) is 75.6 cm³/mol. The van der Waals surface area contributed by atoms with Gasteiger partial charge >= 0.3 is 0 Å². The lowest BCUT2D eigenvalue weighted by atomic mass is 10.0. The number of benzene rings is 2. The average molecular weight is 322 g/mol. The molecule has 2 aromatic rings. The van der Waals surface area contributed by atoms with Crippen molar-refractivity contribution in [2.24, 2.45) is 5.73 Å². The third-order valence-corrected chi connectivity index (χ3v) is 3.02. The van der Waals surface area contributed by atoms with Gasteiger partial charge in [-0.1, -0.05) is 36.4 Å². The third-order valence-electron chi connectivity index (χ3n) is 2.35. The molecule has 2 aromatic carbocycles. The second-order valence-corrected chi connectivity index (χ2v) is 4.75. The molecule has 0 saturated carbocycles. The first-order valence-electron chi connectivity index (χ1n) is 4.87. The van der Waals surface area contributed by atoms with E-state index in [0.717, 1.165) is 11.1 Å². The zero-order valence-corrected chi connectivity index (χ0v) is 10.7. The van der Waals surface area contributed by atoms with E-state index < -0.39 is 0 Å². The summed E-state index contributed by atoms with van der Waals surface area (Å²) in [7, 11) is 0. The van der Waals surface area contributed by atoms with Crippen molar-refractivity contribution < 1.29 is 0 Å². The molecule has 2 nitrogen and oxygen atoms in total. The van der Waals surface area contributed by atoms with Crippen molar-refractivity contribution >= 4 is 28.4 Å². The van der Waals surface area contributed by atoms with Crippen LogP contribution in [0, 0.1) is 8.98 Å². The fourth-order valence-electron chi connectivity index (χ4n) is 1.51. The molecule has 0 heterocycles. The molecule has 16 heavy (non-hydrogen) atoms. The molecule has 0 aromatic heterocycles. The lowest BCUT2D eigenvalue weighted by Crippen LogP contribution is -2.10. The van der Waals surface area contributed by atoms with E-state index in [1.54, 1.807) is 0 Å². The molecule has 0 spiro atoms. The van der Waals surface area contributed by atoms with E-state index in [2.05, 4.69) is 40.8 Å². The molecule has 3 N–H and O–H groups in total. The number of nitrogen functional groups attached to an aromatic ring is 1. The van der Waals surface area contributed by atoms with E-state index in [1.807, 2.05) is 30.3 Å². The second kappa shape index (κ2) is 4.65. The highest BCUT2D eigenvalue weighted by molar-refractivity contribution is 14.1. The van der Waals surface area contributed by atoms with Crippen molar-refractivity contribution in [2.75, 3.05) is 0 Å². The Morgan fingerprint density at radius 1 is 1.00 bits per heavy atom. The number of hydrogen-bond donors (Lipinski definition) is 2. The van der Waals surface area contributed by atoms with Gasteiger partial charge in [0.1, 0.15) is 5.84 Å². The van der Waals surface area contributed by atoms with Crippen LogP contribution in [0.4, 0.5) is 0 Å². The Balaban J connectivity index is 2.38. The van der Waals surface area contributed by atoms with Gasteiger partial charge < -0.3 is 5.73 Å². The standard InChI is InChI=1S/C13H11IN2/c14-12-3-1-2-11(8-12)9-4-6-10(7-5-9)13(15)16/h1-8H,(H3,15,16). The van der Waals surface area contributed by atoms with Crippen molar-refractivity contribution in [3.05, 3.63) is 57.7 Å². The first kappa shape index (κ1) is 11.1. The molecule has 0 atom stereocenters. The van der Waals surface area contributed by atoms with Crippen LogP contribution < -0.4 is 5.73 Å². The number of hydrogen-bond acceptors (Lipinski definition) is 1. The van der Waals surface area contributed by atoms with Crippen molar-refractivity contribution in [1.29, 1.82) is 5.41 Å². The Morgan fingerprint density at radius 3 is 2.25 bits per heavy atom. The van der Waals surface area contributed by atoms with E-state index in [1.165, 1.54) is 9.13 Å². The number of nitrogens with one attached hydrogen (secondary N) is 1. The smallest absolute Gasteiger partial charge is 0.122 e. The van der Waals surface area contributed by atoms with Crippen LogP contribution in [0.15, 0.2) is 48.5 Å². The van der Waals surface area contributed by atoms with Crippen LogP contribution in [0.2, 0.25) is 0 Å². The molecule has 0 bridgehead atoms. The summed E-state index contributed by atoms with van der Waals surface area (Å²) in [5, 5.41) is 7.32. The highest BCUT2D eigenvalue weighted by atomic mass is 127. The van der Waals surface area contributed by atoms with E-state index in [4.69, 9.17) is 11.1 Å². The van der Waals surface area contributed by atoms with Gasteiger partial charge in [0, 0.05) is 9.13 Å². The van der Waals surface area contributed by atoms with Gasteiger partial charge in [0.25, 0.3) is 0 Å². The maximum absolute atomic E-state index is 7.32. The zero-order valence-electron chi connectivity index (χ0n) is 8.57. The first-order chi connectivity index (χ1) is 7.66. The van der Waals surface area contributed by atoms with Gasteiger partial charge in [0.15, 0.2) is 0 Å². The molecule has 0 fully saturated rings. The summed E-state index contributed by atoms with van der Waals surface area (Å²) >= 11 is 2.30. The molecule has 0 aliphatic carbocycles. The highest BCUT2D eigenvalue weighted by Gasteiger charge is 1.99. The molecule has 0 amide bonds. The summed E-state index contributed by atoms with van der Waals surface area (Å²) in [6, 6.07) is 16.0. The zero-order chi connectivity index (χ0) is 11.5. The van der Waals surface area contributed by atoms with Gasteiger partial charge in [-0.3, -0.25) is 5.41 Å². The van der Waals surface area contributed by atoms with Gasteiger partial charge in [-0.05, 0) is 45.9 Å². The SMILES string of the molecule is N=C(N)c1ccc(-c2cccc(I)c2)cc1. The summed E-state index contributed by atoms with van der Waals surface area (Å²) < 4.78 is 1.21. The van der Waals surface area contributed by atoms with Gasteiger partial charge in [-0.15, -0.1) is 0 Å². The molecule has 0 aliphatic rings. The Kier molecular flexibility index (Phi) is 3.24. The third kappa shape index (κ3) is 2.41. The minimum Gasteiger partial charge on any atom is -0.384 e. The minimum absolute atomic E-state index is 0.106. The molecule has 2 rings (SSSR count). The molecule has 3 heteroatoms. The summed E-state index contributed by atoms with van der Waals surface area (Å²) in [5.74, 6) is 0.106. The van der Waals surface area contributed by atoms with Crippen LogP contribution in [-0.2, 0) is 0 Å².